The molecule has 0 bridgehead atoms. The van der Waals surface area contributed by atoms with Crippen molar-refractivity contribution < 1.29 is 9.18 Å². The van der Waals surface area contributed by atoms with Crippen LogP contribution in [0.2, 0.25) is 10.0 Å². The summed E-state index contributed by atoms with van der Waals surface area (Å²) in [5.41, 5.74) is 1.29. The van der Waals surface area contributed by atoms with E-state index in [4.69, 9.17) is 23.2 Å². The maximum Gasteiger partial charge on any atom is 0.228 e. The zero-order valence-corrected chi connectivity index (χ0v) is 20.1. The quantitative estimate of drug-likeness (QED) is 0.420. The number of carbonyl (C=O) groups is 1. The molecule has 4 nitrogen and oxygen atoms in total. The van der Waals surface area contributed by atoms with Crippen LogP contribution in [0.25, 0.3) is 0 Å². The van der Waals surface area contributed by atoms with Gasteiger partial charge in [0.25, 0.3) is 0 Å². The summed E-state index contributed by atoms with van der Waals surface area (Å²) in [5.74, 6) is -0.597. The molecule has 0 spiro atoms. The SMILES string of the molecule is O=C(NC1CCCCC1)[C@@H](C1CCCC1)C1(c2ccc(Cl)cc2)Nc2cc(F)c(Cl)cc2N1. The molecule has 2 saturated carbocycles. The maximum atomic E-state index is 14.4. The molecule has 2 aliphatic carbocycles. The second-order valence-corrected chi connectivity index (χ2v) is 10.6. The first-order valence-electron chi connectivity index (χ1n) is 12.1. The lowest BCUT2D eigenvalue weighted by Crippen LogP contribution is -2.56. The van der Waals surface area contributed by atoms with Crippen LogP contribution in [0, 0.1) is 17.7 Å². The van der Waals surface area contributed by atoms with Gasteiger partial charge in [-0.15, -0.1) is 0 Å². The maximum absolute atomic E-state index is 14.4. The summed E-state index contributed by atoms with van der Waals surface area (Å²) in [6.45, 7) is 0. The Morgan fingerprint density at radius 2 is 1.55 bits per heavy atom. The molecular formula is C26H30Cl2FN3O. The number of hydrogen-bond acceptors (Lipinski definition) is 3. The van der Waals surface area contributed by atoms with E-state index in [0.717, 1.165) is 56.9 Å². The van der Waals surface area contributed by atoms with Crippen molar-refractivity contribution in [1.82, 2.24) is 5.32 Å². The smallest absolute Gasteiger partial charge is 0.228 e. The van der Waals surface area contributed by atoms with E-state index in [0.29, 0.717) is 16.4 Å². The molecule has 3 aliphatic rings. The van der Waals surface area contributed by atoms with E-state index in [-0.39, 0.29) is 28.8 Å². The van der Waals surface area contributed by atoms with E-state index in [1.165, 1.54) is 12.5 Å². The first-order chi connectivity index (χ1) is 16.0. The molecule has 2 fully saturated rings. The molecule has 1 heterocycles. The summed E-state index contributed by atoms with van der Waals surface area (Å²) >= 11 is 12.3. The fraction of sp³-hybridized carbons (Fsp3) is 0.500. The number of carbonyl (C=O) groups excluding carboxylic acids is 1. The van der Waals surface area contributed by atoms with Crippen LogP contribution in [0.15, 0.2) is 36.4 Å². The van der Waals surface area contributed by atoms with Crippen molar-refractivity contribution in [1.29, 1.82) is 0 Å². The van der Waals surface area contributed by atoms with Gasteiger partial charge in [0.15, 0.2) is 0 Å². The van der Waals surface area contributed by atoms with Gasteiger partial charge < -0.3 is 16.0 Å². The molecule has 2 atom stereocenters. The van der Waals surface area contributed by atoms with Gasteiger partial charge in [-0.1, -0.05) is 67.4 Å². The lowest BCUT2D eigenvalue weighted by atomic mass is 9.75. The Balaban J connectivity index is 1.58. The molecule has 2 aromatic carbocycles. The fourth-order valence-corrected chi connectivity index (χ4v) is 6.28. The highest BCUT2D eigenvalue weighted by molar-refractivity contribution is 6.31. The van der Waals surface area contributed by atoms with E-state index < -0.39 is 11.5 Å². The molecule has 0 saturated heterocycles. The highest BCUT2D eigenvalue weighted by Crippen LogP contribution is 2.50. The zero-order valence-electron chi connectivity index (χ0n) is 18.6. The molecular weight excluding hydrogens is 460 g/mol. The molecule has 5 rings (SSSR count). The first-order valence-corrected chi connectivity index (χ1v) is 12.8. The Bertz CT molecular complexity index is 986. The number of fused-ring (bicyclic) bond motifs is 1. The van der Waals surface area contributed by atoms with Gasteiger partial charge in [-0.3, -0.25) is 4.79 Å². The highest BCUT2D eigenvalue weighted by Gasteiger charge is 2.52. The minimum Gasteiger partial charge on any atom is -0.357 e. The van der Waals surface area contributed by atoms with Crippen LogP contribution in [0.5, 0.6) is 0 Å². The van der Waals surface area contributed by atoms with E-state index in [2.05, 4.69) is 16.0 Å². The lowest BCUT2D eigenvalue weighted by molar-refractivity contribution is -0.129. The van der Waals surface area contributed by atoms with Gasteiger partial charge in [0.1, 0.15) is 11.5 Å². The first kappa shape index (κ1) is 22.8. The Morgan fingerprint density at radius 3 is 2.21 bits per heavy atom. The number of anilines is 2. The van der Waals surface area contributed by atoms with E-state index in [1.54, 1.807) is 6.07 Å². The van der Waals surface area contributed by atoms with Gasteiger partial charge in [-0.25, -0.2) is 4.39 Å². The number of amides is 1. The van der Waals surface area contributed by atoms with Crippen molar-refractivity contribution in [2.24, 2.45) is 11.8 Å². The molecule has 33 heavy (non-hydrogen) atoms. The number of benzene rings is 2. The van der Waals surface area contributed by atoms with E-state index in [9.17, 15) is 9.18 Å². The van der Waals surface area contributed by atoms with Crippen molar-refractivity contribution in [2.45, 2.75) is 69.5 Å². The summed E-state index contributed by atoms with van der Waals surface area (Å²) in [5, 5.41) is 11.2. The predicted molar refractivity (Wildman–Crippen MR) is 132 cm³/mol. The molecule has 1 aliphatic heterocycles. The molecule has 3 N–H and O–H groups in total. The Morgan fingerprint density at radius 1 is 0.939 bits per heavy atom. The third-order valence-corrected chi connectivity index (χ3v) is 8.14. The monoisotopic (exact) mass is 489 g/mol. The standard InChI is InChI=1S/C26H30Cl2FN3O/c27-18-12-10-17(11-13-18)26(31-22-14-20(28)21(29)15-23(22)32-26)24(16-6-4-5-7-16)25(33)30-19-8-2-1-3-9-19/h10-16,19,24,31-32H,1-9H2,(H,30,33)/t24-,26?/m1/s1. The number of nitrogens with one attached hydrogen (secondary N) is 3. The van der Waals surface area contributed by atoms with Crippen LogP contribution in [0.3, 0.4) is 0 Å². The minimum absolute atomic E-state index is 0.0547. The Labute approximate surface area is 204 Å². The average molecular weight is 490 g/mol. The summed E-state index contributed by atoms with van der Waals surface area (Å²) in [4.78, 5) is 14.0. The topological polar surface area (TPSA) is 53.2 Å². The van der Waals surface area contributed by atoms with Crippen LogP contribution in [-0.2, 0) is 10.5 Å². The van der Waals surface area contributed by atoms with Crippen molar-refractivity contribution >= 4 is 40.5 Å². The minimum atomic E-state index is -0.919. The molecule has 7 heteroatoms. The van der Waals surface area contributed by atoms with Gasteiger partial charge in [0.05, 0.1) is 22.3 Å². The van der Waals surface area contributed by atoms with Crippen molar-refractivity contribution in [3.05, 3.63) is 57.8 Å². The number of hydrogen-bond donors (Lipinski definition) is 3. The van der Waals surface area contributed by atoms with Gasteiger partial charge in [-0.05, 0) is 55.4 Å². The largest absolute Gasteiger partial charge is 0.357 e. The summed E-state index contributed by atoms with van der Waals surface area (Å²) in [7, 11) is 0. The van der Waals surface area contributed by atoms with Crippen molar-refractivity contribution in [2.75, 3.05) is 10.6 Å². The Kier molecular flexibility index (Phi) is 6.45. The van der Waals surface area contributed by atoms with Crippen LogP contribution in [0.4, 0.5) is 15.8 Å². The fourth-order valence-electron chi connectivity index (χ4n) is 5.99. The van der Waals surface area contributed by atoms with E-state index in [1.807, 2.05) is 24.3 Å². The number of halogens is 3. The van der Waals surface area contributed by atoms with Crippen LogP contribution in [-0.4, -0.2) is 11.9 Å². The van der Waals surface area contributed by atoms with Crippen LogP contribution in [0.1, 0.15) is 63.4 Å². The van der Waals surface area contributed by atoms with Crippen molar-refractivity contribution in [3.8, 4) is 0 Å². The molecule has 176 valence electrons. The second-order valence-electron chi connectivity index (χ2n) is 9.74. The molecule has 1 unspecified atom stereocenters. The van der Waals surface area contributed by atoms with Crippen LogP contribution < -0.4 is 16.0 Å². The Hall–Kier alpha value is -1.98. The van der Waals surface area contributed by atoms with E-state index >= 15 is 0 Å². The van der Waals surface area contributed by atoms with Crippen LogP contribution >= 0.6 is 23.2 Å². The van der Waals surface area contributed by atoms with Crippen molar-refractivity contribution in [3.63, 3.8) is 0 Å². The van der Waals surface area contributed by atoms with Gasteiger partial charge in [0.2, 0.25) is 5.91 Å². The van der Waals surface area contributed by atoms with Gasteiger partial charge >= 0.3 is 0 Å². The third kappa shape index (κ3) is 4.42. The second kappa shape index (κ2) is 9.34. The molecule has 2 aromatic rings. The summed E-state index contributed by atoms with van der Waals surface area (Å²) < 4.78 is 14.4. The number of rotatable bonds is 5. The highest BCUT2D eigenvalue weighted by atomic mass is 35.5. The van der Waals surface area contributed by atoms with Gasteiger partial charge in [-0.2, -0.15) is 0 Å². The zero-order chi connectivity index (χ0) is 23.0. The predicted octanol–water partition coefficient (Wildman–Crippen LogP) is 7.08. The lowest BCUT2D eigenvalue weighted by Gasteiger charge is -2.42. The molecule has 0 aromatic heterocycles. The average Bonchev–Trinajstić information content (AvgIpc) is 3.44. The summed E-state index contributed by atoms with van der Waals surface area (Å²) in [6, 6.07) is 10.8. The third-order valence-electron chi connectivity index (χ3n) is 7.60. The normalized spacial score (nSPS) is 24.1. The molecule has 1 amide bonds. The van der Waals surface area contributed by atoms with Gasteiger partial charge in [0, 0.05) is 17.1 Å². The summed E-state index contributed by atoms with van der Waals surface area (Å²) in [6.07, 6.45) is 9.81. The molecule has 0 radical (unpaired) electrons.